The first-order valence-corrected chi connectivity index (χ1v) is 9.64. The lowest BCUT2D eigenvalue weighted by atomic mass is 10.1. The summed E-state index contributed by atoms with van der Waals surface area (Å²) in [6, 6.07) is 6.69. The van der Waals surface area contributed by atoms with Gasteiger partial charge in [0.1, 0.15) is 0 Å². The predicted molar refractivity (Wildman–Crippen MR) is 97.9 cm³/mol. The van der Waals surface area contributed by atoms with Crippen molar-refractivity contribution in [1.29, 1.82) is 0 Å². The first-order valence-electron chi connectivity index (χ1n) is 7.75. The number of anilines is 1. The molecule has 3 rings (SSSR count). The van der Waals surface area contributed by atoms with Crippen molar-refractivity contribution in [1.82, 2.24) is 9.78 Å². The summed E-state index contributed by atoms with van der Waals surface area (Å²) in [7, 11) is -3.38. The number of carbonyl (C=O) groups is 1. The number of rotatable bonds is 4. The average molecular weight is 385 g/mol. The van der Waals surface area contributed by atoms with Gasteiger partial charge in [0.15, 0.2) is 9.84 Å². The van der Waals surface area contributed by atoms with E-state index in [4.69, 9.17) is 5.73 Å². The molecule has 2 unspecified atom stereocenters. The molecule has 25 heavy (non-hydrogen) atoms. The van der Waals surface area contributed by atoms with Crippen molar-refractivity contribution >= 4 is 33.8 Å². The van der Waals surface area contributed by atoms with Gasteiger partial charge >= 0.3 is 0 Å². The summed E-state index contributed by atoms with van der Waals surface area (Å²) in [6.45, 7) is 0. The number of hydrogen-bond acceptors (Lipinski definition) is 5. The van der Waals surface area contributed by atoms with E-state index in [2.05, 4.69) is 10.4 Å². The van der Waals surface area contributed by atoms with Gasteiger partial charge in [-0.3, -0.25) is 4.79 Å². The van der Waals surface area contributed by atoms with Crippen LogP contribution in [0, 0.1) is 5.92 Å². The second kappa shape index (κ2) is 7.55. The Labute approximate surface area is 152 Å². The minimum Gasteiger partial charge on any atom is -0.328 e. The topological polar surface area (TPSA) is 107 Å². The summed E-state index contributed by atoms with van der Waals surface area (Å²) < 4.78 is 25.2. The molecule has 0 bridgehead atoms. The maximum atomic E-state index is 12.2. The number of benzene rings is 1. The van der Waals surface area contributed by atoms with E-state index in [1.54, 1.807) is 24.4 Å². The highest BCUT2D eigenvalue weighted by Gasteiger charge is 2.28. The van der Waals surface area contributed by atoms with Crippen LogP contribution in [0.4, 0.5) is 5.69 Å². The third kappa shape index (κ3) is 4.39. The van der Waals surface area contributed by atoms with Crippen LogP contribution in [0.5, 0.6) is 0 Å². The Bertz CT molecular complexity index is 866. The average Bonchev–Trinajstić information content (AvgIpc) is 3.15. The van der Waals surface area contributed by atoms with Crippen molar-refractivity contribution in [3.63, 3.8) is 0 Å². The first kappa shape index (κ1) is 19.4. The van der Waals surface area contributed by atoms with Crippen molar-refractivity contribution < 1.29 is 13.2 Å². The zero-order valence-electron chi connectivity index (χ0n) is 13.8. The van der Waals surface area contributed by atoms with Crippen LogP contribution in [0.15, 0.2) is 41.6 Å². The Kier molecular flexibility index (Phi) is 5.87. The normalized spacial score (nSPS) is 20.1. The van der Waals surface area contributed by atoms with Gasteiger partial charge in [-0.2, -0.15) is 5.10 Å². The van der Waals surface area contributed by atoms with Gasteiger partial charge in [-0.05, 0) is 31.4 Å². The molecule has 2 atom stereocenters. The highest BCUT2D eigenvalue weighted by molar-refractivity contribution is 7.90. The molecule has 136 valence electrons. The summed E-state index contributed by atoms with van der Waals surface area (Å²) in [5.41, 5.74) is 6.82. The molecule has 2 aromatic rings. The van der Waals surface area contributed by atoms with Gasteiger partial charge in [0.05, 0.1) is 28.7 Å². The number of carbonyl (C=O) groups excluding carboxylic acids is 1. The van der Waals surface area contributed by atoms with Crippen molar-refractivity contribution in [3.05, 3.63) is 36.7 Å². The summed E-state index contributed by atoms with van der Waals surface area (Å²) in [5, 5.41) is 6.99. The van der Waals surface area contributed by atoms with E-state index in [1.807, 2.05) is 0 Å². The second-order valence-corrected chi connectivity index (χ2v) is 8.16. The van der Waals surface area contributed by atoms with E-state index in [9.17, 15) is 13.2 Å². The minimum atomic E-state index is -3.38. The zero-order valence-corrected chi connectivity index (χ0v) is 15.4. The van der Waals surface area contributed by atoms with Crippen LogP contribution in [0.3, 0.4) is 0 Å². The highest BCUT2D eigenvalue weighted by Crippen LogP contribution is 2.26. The lowest BCUT2D eigenvalue weighted by Crippen LogP contribution is -2.23. The Morgan fingerprint density at radius 1 is 1.32 bits per heavy atom. The van der Waals surface area contributed by atoms with Gasteiger partial charge < -0.3 is 11.1 Å². The smallest absolute Gasteiger partial charge is 0.227 e. The second-order valence-electron chi connectivity index (χ2n) is 6.17. The fraction of sp³-hybridized carbons (Fsp3) is 0.375. The van der Waals surface area contributed by atoms with Crippen molar-refractivity contribution in [2.45, 2.75) is 30.2 Å². The number of aromatic nitrogens is 2. The van der Waals surface area contributed by atoms with Crippen molar-refractivity contribution in [3.8, 4) is 5.69 Å². The Hall–Kier alpha value is -1.90. The Morgan fingerprint density at radius 3 is 2.68 bits per heavy atom. The molecule has 1 aliphatic carbocycles. The van der Waals surface area contributed by atoms with E-state index in [-0.39, 0.29) is 35.2 Å². The molecule has 1 saturated carbocycles. The summed E-state index contributed by atoms with van der Waals surface area (Å²) >= 11 is 0. The minimum absolute atomic E-state index is 0. The number of nitrogens with zero attached hydrogens (tertiary/aromatic N) is 2. The van der Waals surface area contributed by atoms with Gasteiger partial charge in [-0.1, -0.05) is 12.1 Å². The SMILES string of the molecule is CS(=O)(=O)c1ccccc1-n1cc(NC(=O)C2CCC(N)C2)cn1.Cl. The lowest BCUT2D eigenvalue weighted by molar-refractivity contribution is -0.119. The molecule has 1 fully saturated rings. The molecule has 1 aromatic carbocycles. The molecule has 1 aromatic heterocycles. The van der Waals surface area contributed by atoms with Crippen LogP contribution in [0.25, 0.3) is 5.69 Å². The Morgan fingerprint density at radius 2 is 2.04 bits per heavy atom. The number of halogens is 1. The van der Waals surface area contributed by atoms with Gasteiger partial charge in [0, 0.05) is 18.2 Å². The third-order valence-electron chi connectivity index (χ3n) is 4.21. The predicted octanol–water partition coefficient (Wildman–Crippen LogP) is 1.76. The number of amides is 1. The van der Waals surface area contributed by atoms with Crippen molar-refractivity contribution in [2.24, 2.45) is 11.7 Å². The summed E-state index contributed by atoms with van der Waals surface area (Å²) in [5.74, 6) is -0.148. The third-order valence-corrected chi connectivity index (χ3v) is 5.35. The van der Waals surface area contributed by atoms with Crippen LogP contribution in [0.2, 0.25) is 0 Å². The first-order chi connectivity index (χ1) is 11.3. The Balaban J connectivity index is 0.00000225. The van der Waals surface area contributed by atoms with Crippen molar-refractivity contribution in [2.75, 3.05) is 11.6 Å². The molecule has 1 aliphatic rings. The quantitative estimate of drug-likeness (QED) is 0.835. The van der Waals surface area contributed by atoms with E-state index >= 15 is 0 Å². The number of para-hydroxylation sites is 1. The van der Waals surface area contributed by atoms with Crippen LogP contribution in [0.1, 0.15) is 19.3 Å². The number of sulfone groups is 1. The van der Waals surface area contributed by atoms with Crippen LogP contribution < -0.4 is 11.1 Å². The fourth-order valence-corrected chi connectivity index (χ4v) is 3.85. The summed E-state index contributed by atoms with van der Waals surface area (Å²) in [6.07, 6.45) is 6.61. The molecule has 7 nitrogen and oxygen atoms in total. The fourth-order valence-electron chi connectivity index (χ4n) is 2.98. The maximum absolute atomic E-state index is 12.2. The standard InChI is InChI=1S/C16H20N4O3S.ClH/c1-24(22,23)15-5-3-2-4-14(15)20-10-13(9-18-20)19-16(21)11-6-7-12(17)8-11;/h2-5,9-12H,6-8,17H2,1H3,(H,19,21);1H. The molecule has 3 N–H and O–H groups in total. The molecule has 0 saturated heterocycles. The van der Waals surface area contributed by atoms with Crippen LogP contribution in [-0.4, -0.2) is 36.4 Å². The van der Waals surface area contributed by atoms with E-state index < -0.39 is 9.84 Å². The zero-order chi connectivity index (χ0) is 17.3. The van der Waals surface area contributed by atoms with E-state index in [1.165, 1.54) is 16.9 Å². The molecule has 0 radical (unpaired) electrons. The van der Waals surface area contributed by atoms with Crippen LogP contribution in [-0.2, 0) is 14.6 Å². The van der Waals surface area contributed by atoms with Gasteiger partial charge in [0.2, 0.25) is 5.91 Å². The van der Waals surface area contributed by atoms with Gasteiger partial charge in [0.25, 0.3) is 0 Å². The van der Waals surface area contributed by atoms with E-state index in [0.29, 0.717) is 17.8 Å². The molecular weight excluding hydrogens is 364 g/mol. The van der Waals surface area contributed by atoms with E-state index in [0.717, 1.165) is 19.1 Å². The largest absolute Gasteiger partial charge is 0.328 e. The molecule has 9 heteroatoms. The van der Waals surface area contributed by atoms with Gasteiger partial charge in [-0.25, -0.2) is 13.1 Å². The molecule has 0 spiro atoms. The number of nitrogens with two attached hydrogens (primary N) is 1. The molecule has 1 amide bonds. The summed E-state index contributed by atoms with van der Waals surface area (Å²) in [4.78, 5) is 12.4. The number of nitrogens with one attached hydrogen (secondary N) is 1. The lowest BCUT2D eigenvalue weighted by Gasteiger charge is -2.09. The molecular formula is C16H21ClN4O3S. The molecule has 1 heterocycles. The van der Waals surface area contributed by atoms with Crippen LogP contribution >= 0.6 is 12.4 Å². The number of hydrogen-bond donors (Lipinski definition) is 2. The molecule has 0 aliphatic heterocycles. The highest BCUT2D eigenvalue weighted by atomic mass is 35.5. The monoisotopic (exact) mass is 384 g/mol. The maximum Gasteiger partial charge on any atom is 0.227 e. The van der Waals surface area contributed by atoms with Gasteiger partial charge in [-0.15, -0.1) is 12.4 Å².